The summed E-state index contributed by atoms with van der Waals surface area (Å²) in [6.07, 6.45) is 1.86. The zero-order valence-electron chi connectivity index (χ0n) is 12.6. The summed E-state index contributed by atoms with van der Waals surface area (Å²) in [5.41, 5.74) is 0.765. The molecule has 0 spiro atoms. The summed E-state index contributed by atoms with van der Waals surface area (Å²) in [4.78, 5) is 0. The summed E-state index contributed by atoms with van der Waals surface area (Å²) < 4.78 is 28.1. The zero-order chi connectivity index (χ0) is 15.7. The van der Waals surface area contributed by atoms with Gasteiger partial charge in [0, 0.05) is 25.2 Å². The van der Waals surface area contributed by atoms with E-state index in [-0.39, 0.29) is 6.54 Å². The van der Waals surface area contributed by atoms with Gasteiger partial charge in [0.05, 0.1) is 0 Å². The average Bonchev–Trinajstić information content (AvgIpc) is 2.46. The molecule has 0 saturated heterocycles. The maximum absolute atomic E-state index is 12.1. The van der Waals surface area contributed by atoms with Crippen LogP contribution in [0.3, 0.4) is 0 Å². The Bertz CT molecular complexity index is 523. The lowest BCUT2D eigenvalue weighted by atomic mass is 10.2. The molecule has 0 aliphatic heterocycles. The number of halogens is 1. The molecule has 0 heterocycles. The van der Waals surface area contributed by atoms with Crippen LogP contribution in [0.4, 0.5) is 0 Å². The molecule has 1 aromatic carbocycles. The summed E-state index contributed by atoms with van der Waals surface area (Å²) in [5.74, 6) is 0. The molecule has 7 heteroatoms. The maximum Gasteiger partial charge on any atom is 0.279 e. The Morgan fingerprint density at radius 2 is 1.95 bits per heavy atom. The summed E-state index contributed by atoms with van der Waals surface area (Å²) in [6.45, 7) is 4.55. The first-order valence-electron chi connectivity index (χ1n) is 7.12. The van der Waals surface area contributed by atoms with Gasteiger partial charge in [-0.1, -0.05) is 36.7 Å². The van der Waals surface area contributed by atoms with Crippen molar-refractivity contribution < 1.29 is 8.42 Å². The molecule has 0 aliphatic rings. The van der Waals surface area contributed by atoms with Crippen molar-refractivity contribution in [2.45, 2.75) is 26.3 Å². The number of benzene rings is 1. The molecule has 0 fully saturated rings. The van der Waals surface area contributed by atoms with E-state index in [1.807, 2.05) is 12.1 Å². The lowest BCUT2D eigenvalue weighted by molar-refractivity contribution is 0.444. The van der Waals surface area contributed by atoms with E-state index in [0.717, 1.165) is 31.5 Å². The van der Waals surface area contributed by atoms with Gasteiger partial charge in [0.2, 0.25) is 0 Å². The van der Waals surface area contributed by atoms with Crippen molar-refractivity contribution >= 4 is 21.8 Å². The predicted molar refractivity (Wildman–Crippen MR) is 87.6 cm³/mol. The fourth-order valence-electron chi connectivity index (χ4n) is 1.77. The second-order valence-electron chi connectivity index (χ2n) is 4.84. The average molecular weight is 334 g/mol. The van der Waals surface area contributed by atoms with E-state index in [4.69, 9.17) is 11.6 Å². The maximum atomic E-state index is 12.1. The molecule has 0 bridgehead atoms. The third kappa shape index (κ3) is 6.76. The van der Waals surface area contributed by atoms with Crippen LogP contribution in [-0.4, -0.2) is 39.4 Å². The van der Waals surface area contributed by atoms with Crippen LogP contribution in [0, 0.1) is 0 Å². The van der Waals surface area contributed by atoms with E-state index in [1.54, 1.807) is 19.2 Å². The SMILES string of the molecule is CCCNCCCN(C)S(=O)(=O)NCc1ccccc1Cl. The zero-order valence-corrected chi connectivity index (χ0v) is 14.2. The number of rotatable bonds is 10. The summed E-state index contributed by atoms with van der Waals surface area (Å²) in [6, 6.07) is 7.20. The quantitative estimate of drug-likeness (QED) is 0.644. The minimum absolute atomic E-state index is 0.195. The minimum atomic E-state index is -3.47. The first-order valence-corrected chi connectivity index (χ1v) is 8.94. The van der Waals surface area contributed by atoms with Crippen molar-refractivity contribution in [2.75, 3.05) is 26.7 Å². The third-order valence-electron chi connectivity index (χ3n) is 3.07. The molecule has 1 aromatic rings. The Labute approximate surface area is 132 Å². The highest BCUT2D eigenvalue weighted by Crippen LogP contribution is 2.14. The molecule has 0 unspecified atom stereocenters. The Hall–Kier alpha value is -0.660. The van der Waals surface area contributed by atoms with Gasteiger partial charge in [0.1, 0.15) is 0 Å². The monoisotopic (exact) mass is 333 g/mol. The Morgan fingerprint density at radius 1 is 1.24 bits per heavy atom. The van der Waals surface area contributed by atoms with Crippen LogP contribution in [0.5, 0.6) is 0 Å². The molecule has 0 atom stereocenters. The largest absolute Gasteiger partial charge is 0.317 e. The lowest BCUT2D eigenvalue weighted by Crippen LogP contribution is -2.39. The van der Waals surface area contributed by atoms with Crippen molar-refractivity contribution in [2.24, 2.45) is 0 Å². The van der Waals surface area contributed by atoms with Crippen LogP contribution < -0.4 is 10.0 Å². The van der Waals surface area contributed by atoms with E-state index in [1.165, 1.54) is 4.31 Å². The van der Waals surface area contributed by atoms with Gasteiger partial charge in [0.15, 0.2) is 0 Å². The second-order valence-corrected chi connectivity index (χ2v) is 7.11. The van der Waals surface area contributed by atoms with Gasteiger partial charge in [-0.3, -0.25) is 0 Å². The first kappa shape index (κ1) is 18.4. The van der Waals surface area contributed by atoms with Crippen LogP contribution in [0.25, 0.3) is 0 Å². The molecule has 120 valence electrons. The van der Waals surface area contributed by atoms with Gasteiger partial charge in [-0.15, -0.1) is 0 Å². The third-order valence-corrected chi connectivity index (χ3v) is 4.95. The van der Waals surface area contributed by atoms with Crippen molar-refractivity contribution in [3.63, 3.8) is 0 Å². The van der Waals surface area contributed by atoms with Gasteiger partial charge in [-0.2, -0.15) is 17.4 Å². The second kappa shape index (κ2) is 9.38. The van der Waals surface area contributed by atoms with E-state index >= 15 is 0 Å². The molecule has 5 nitrogen and oxygen atoms in total. The fraction of sp³-hybridized carbons (Fsp3) is 0.571. The Kier molecular flexibility index (Phi) is 8.21. The fourth-order valence-corrected chi connectivity index (χ4v) is 2.90. The molecule has 0 aromatic heterocycles. The van der Waals surface area contributed by atoms with Crippen LogP contribution in [-0.2, 0) is 16.8 Å². The van der Waals surface area contributed by atoms with Crippen LogP contribution in [0.15, 0.2) is 24.3 Å². The number of hydrogen-bond acceptors (Lipinski definition) is 3. The van der Waals surface area contributed by atoms with Crippen molar-refractivity contribution in [3.8, 4) is 0 Å². The molecular formula is C14H24ClN3O2S. The van der Waals surface area contributed by atoms with E-state index < -0.39 is 10.2 Å². The number of nitrogens with zero attached hydrogens (tertiary/aromatic N) is 1. The highest BCUT2D eigenvalue weighted by molar-refractivity contribution is 7.87. The van der Waals surface area contributed by atoms with Crippen molar-refractivity contribution in [1.29, 1.82) is 0 Å². The van der Waals surface area contributed by atoms with Crippen LogP contribution >= 0.6 is 11.6 Å². The van der Waals surface area contributed by atoms with Gasteiger partial charge >= 0.3 is 0 Å². The summed E-state index contributed by atoms with van der Waals surface area (Å²) >= 11 is 6.01. The van der Waals surface area contributed by atoms with Gasteiger partial charge < -0.3 is 5.32 Å². The smallest absolute Gasteiger partial charge is 0.279 e. The molecule has 2 N–H and O–H groups in total. The molecule has 0 aliphatic carbocycles. The summed E-state index contributed by atoms with van der Waals surface area (Å²) in [5, 5.41) is 3.81. The van der Waals surface area contributed by atoms with Gasteiger partial charge in [0.25, 0.3) is 10.2 Å². The molecule has 0 amide bonds. The van der Waals surface area contributed by atoms with Crippen LogP contribution in [0.1, 0.15) is 25.3 Å². The molecule has 1 rings (SSSR count). The number of hydrogen-bond donors (Lipinski definition) is 2. The van der Waals surface area contributed by atoms with Gasteiger partial charge in [-0.05, 0) is 37.6 Å². The normalized spacial score (nSPS) is 12.0. The number of nitrogens with one attached hydrogen (secondary N) is 2. The predicted octanol–water partition coefficient (Wildman–Crippen LogP) is 2.00. The van der Waals surface area contributed by atoms with Crippen LogP contribution in [0.2, 0.25) is 5.02 Å². The van der Waals surface area contributed by atoms with Gasteiger partial charge in [-0.25, -0.2) is 0 Å². The molecule has 21 heavy (non-hydrogen) atoms. The highest BCUT2D eigenvalue weighted by Gasteiger charge is 2.16. The molecular weight excluding hydrogens is 310 g/mol. The molecule has 0 saturated carbocycles. The minimum Gasteiger partial charge on any atom is -0.317 e. The first-order chi connectivity index (χ1) is 9.97. The summed E-state index contributed by atoms with van der Waals surface area (Å²) in [7, 11) is -1.89. The molecule has 0 radical (unpaired) electrons. The van der Waals surface area contributed by atoms with Crippen molar-refractivity contribution in [3.05, 3.63) is 34.9 Å². The highest BCUT2D eigenvalue weighted by atomic mass is 35.5. The van der Waals surface area contributed by atoms with E-state index in [9.17, 15) is 8.42 Å². The van der Waals surface area contributed by atoms with Crippen molar-refractivity contribution in [1.82, 2.24) is 14.3 Å². The lowest BCUT2D eigenvalue weighted by Gasteiger charge is -2.18. The van der Waals surface area contributed by atoms with E-state index in [0.29, 0.717) is 11.6 Å². The topological polar surface area (TPSA) is 61.4 Å². The Morgan fingerprint density at radius 3 is 2.62 bits per heavy atom. The standard InChI is InChI=1S/C14H24ClN3O2S/c1-3-9-16-10-6-11-18(2)21(19,20)17-12-13-7-4-5-8-14(13)15/h4-5,7-8,16-17H,3,6,9-12H2,1-2H3. The Balaban J connectivity index is 2.40. The van der Waals surface area contributed by atoms with E-state index in [2.05, 4.69) is 17.0 Å².